The lowest BCUT2D eigenvalue weighted by atomic mass is 9.92. The molecule has 188 valence electrons. The maximum atomic E-state index is 13.4. The molecule has 0 saturated heterocycles. The SMILES string of the molecule is O=CC1(CNc2ccc(Cl)c(C(=O)NC3CCC(F)(F)CC3)c2)C(c2cc(Cl)cc(Cl)c2)C1(Cl)Cl. The van der Waals surface area contributed by atoms with Crippen molar-refractivity contribution in [1.29, 1.82) is 0 Å². The molecule has 2 aromatic rings. The molecule has 2 fully saturated rings. The monoisotopic (exact) mass is 582 g/mol. The largest absolute Gasteiger partial charge is 0.384 e. The highest BCUT2D eigenvalue weighted by atomic mass is 35.5. The average molecular weight is 585 g/mol. The third-order valence-electron chi connectivity index (χ3n) is 6.69. The summed E-state index contributed by atoms with van der Waals surface area (Å²) >= 11 is 31.5. The molecule has 0 radical (unpaired) electrons. The summed E-state index contributed by atoms with van der Waals surface area (Å²) in [6.45, 7) is 0.0682. The van der Waals surface area contributed by atoms with Crippen LogP contribution in [0.25, 0.3) is 0 Å². The Hall–Kier alpha value is -1.31. The summed E-state index contributed by atoms with van der Waals surface area (Å²) in [5.74, 6) is -3.70. The van der Waals surface area contributed by atoms with E-state index < -0.39 is 27.5 Å². The number of hydrogen-bond acceptors (Lipinski definition) is 3. The van der Waals surface area contributed by atoms with E-state index in [9.17, 15) is 18.4 Å². The van der Waals surface area contributed by atoms with Gasteiger partial charge >= 0.3 is 0 Å². The molecule has 4 nitrogen and oxygen atoms in total. The topological polar surface area (TPSA) is 58.2 Å². The molecule has 0 bridgehead atoms. The van der Waals surface area contributed by atoms with Crippen LogP contribution in [-0.4, -0.2) is 35.0 Å². The first kappa shape index (κ1) is 26.7. The Kier molecular flexibility index (Phi) is 7.54. The lowest BCUT2D eigenvalue weighted by Gasteiger charge is -2.28. The van der Waals surface area contributed by atoms with Crippen LogP contribution < -0.4 is 10.6 Å². The van der Waals surface area contributed by atoms with Gasteiger partial charge in [0.05, 0.1) is 16.0 Å². The Morgan fingerprint density at radius 1 is 1.03 bits per heavy atom. The minimum atomic E-state index is -2.69. The number of benzene rings is 2. The Morgan fingerprint density at radius 3 is 2.26 bits per heavy atom. The fourth-order valence-corrected chi connectivity index (χ4v) is 6.36. The lowest BCUT2D eigenvalue weighted by Crippen LogP contribution is -2.40. The highest BCUT2D eigenvalue weighted by molar-refractivity contribution is 6.54. The number of nitrogens with one attached hydrogen (secondary N) is 2. The highest BCUT2D eigenvalue weighted by Gasteiger charge is 2.76. The van der Waals surface area contributed by atoms with Gasteiger partial charge in [-0.2, -0.15) is 0 Å². The third kappa shape index (κ3) is 5.37. The van der Waals surface area contributed by atoms with E-state index >= 15 is 0 Å². The van der Waals surface area contributed by atoms with Crippen LogP contribution in [0.5, 0.6) is 0 Å². The maximum Gasteiger partial charge on any atom is 0.253 e. The molecule has 2 atom stereocenters. The lowest BCUT2D eigenvalue weighted by molar-refractivity contribution is -0.112. The Balaban J connectivity index is 1.47. The number of carbonyl (C=O) groups is 2. The zero-order valence-electron chi connectivity index (χ0n) is 18.2. The number of hydrogen-bond donors (Lipinski definition) is 2. The second-order valence-electron chi connectivity index (χ2n) is 9.07. The molecular formula is C24H21Cl5F2N2O2. The molecule has 2 aromatic carbocycles. The van der Waals surface area contributed by atoms with Gasteiger partial charge in [-0.3, -0.25) is 4.79 Å². The summed E-state index contributed by atoms with van der Waals surface area (Å²) in [5.41, 5.74) is 0.163. The van der Waals surface area contributed by atoms with Crippen molar-refractivity contribution in [1.82, 2.24) is 5.32 Å². The zero-order chi connectivity index (χ0) is 25.6. The molecule has 2 aliphatic carbocycles. The van der Waals surface area contributed by atoms with Crippen molar-refractivity contribution in [3.8, 4) is 0 Å². The van der Waals surface area contributed by atoms with E-state index in [2.05, 4.69) is 10.6 Å². The number of amides is 1. The molecule has 0 spiro atoms. The highest BCUT2D eigenvalue weighted by Crippen LogP contribution is 2.73. The van der Waals surface area contributed by atoms with E-state index in [1.807, 2.05) is 0 Å². The Labute approximate surface area is 226 Å². The second kappa shape index (κ2) is 9.86. The standard InChI is InChI=1S/C24H21Cl5F2N2O2/c25-14-7-13(8-15(26)9-14)20-22(12-34,24(20,28)29)11-32-17-1-2-19(27)18(10-17)21(35)33-16-3-5-23(30,31)6-4-16/h1-2,7-10,12,16,20,32H,3-6,11H2,(H,33,35). The summed E-state index contributed by atoms with van der Waals surface area (Å²) in [6.07, 6.45) is 0.566. The van der Waals surface area contributed by atoms with Crippen LogP contribution in [0, 0.1) is 5.41 Å². The van der Waals surface area contributed by atoms with E-state index in [0.29, 0.717) is 27.6 Å². The van der Waals surface area contributed by atoms with Crippen LogP contribution in [0.2, 0.25) is 15.1 Å². The first-order valence-corrected chi connectivity index (χ1v) is 12.8. The quantitative estimate of drug-likeness (QED) is 0.261. The second-order valence-corrected chi connectivity index (χ2v) is 11.7. The number of aldehydes is 1. The molecule has 1 amide bonds. The van der Waals surface area contributed by atoms with Gasteiger partial charge < -0.3 is 15.4 Å². The van der Waals surface area contributed by atoms with Crippen LogP contribution >= 0.6 is 58.0 Å². The van der Waals surface area contributed by atoms with Gasteiger partial charge in [0.15, 0.2) is 0 Å². The van der Waals surface area contributed by atoms with Crippen molar-refractivity contribution >= 4 is 75.9 Å². The molecule has 35 heavy (non-hydrogen) atoms. The van der Waals surface area contributed by atoms with Crippen LogP contribution in [0.3, 0.4) is 0 Å². The van der Waals surface area contributed by atoms with Crippen LogP contribution in [0.4, 0.5) is 14.5 Å². The minimum absolute atomic E-state index is 0.0682. The average Bonchev–Trinajstić information content (AvgIpc) is 3.28. The molecule has 2 N–H and O–H groups in total. The van der Waals surface area contributed by atoms with Crippen molar-refractivity contribution in [2.45, 2.75) is 47.9 Å². The fourth-order valence-electron chi connectivity index (χ4n) is 4.64. The molecule has 0 aromatic heterocycles. The van der Waals surface area contributed by atoms with E-state index in [0.717, 1.165) is 0 Å². The van der Waals surface area contributed by atoms with Crippen molar-refractivity contribution in [2.24, 2.45) is 5.41 Å². The summed E-state index contributed by atoms with van der Waals surface area (Å²) in [4.78, 5) is 24.9. The molecule has 2 aliphatic rings. The molecule has 2 unspecified atom stereocenters. The van der Waals surface area contributed by atoms with Gasteiger partial charge in [-0.25, -0.2) is 8.78 Å². The van der Waals surface area contributed by atoms with Crippen LogP contribution in [0.1, 0.15) is 47.5 Å². The molecule has 0 heterocycles. The molecule has 11 heteroatoms. The number of anilines is 1. The molecule has 4 rings (SSSR count). The summed E-state index contributed by atoms with van der Waals surface area (Å²) in [7, 11) is 0. The number of carbonyl (C=O) groups excluding carboxylic acids is 2. The molecule has 2 saturated carbocycles. The van der Waals surface area contributed by atoms with E-state index in [4.69, 9.17) is 58.0 Å². The van der Waals surface area contributed by atoms with E-state index in [1.54, 1.807) is 24.3 Å². The number of rotatable bonds is 7. The van der Waals surface area contributed by atoms with Gasteiger partial charge in [-0.05, 0) is 54.8 Å². The fraction of sp³-hybridized carbons (Fsp3) is 0.417. The number of halogens is 7. The number of alkyl halides is 4. The summed E-state index contributed by atoms with van der Waals surface area (Å²) < 4.78 is 25.4. The van der Waals surface area contributed by atoms with Gasteiger partial charge in [-0.1, -0.05) is 58.0 Å². The van der Waals surface area contributed by atoms with Gasteiger partial charge in [-0.15, -0.1) is 0 Å². The van der Waals surface area contributed by atoms with Gasteiger partial charge in [0.2, 0.25) is 5.92 Å². The predicted molar refractivity (Wildman–Crippen MR) is 137 cm³/mol. The van der Waals surface area contributed by atoms with Gasteiger partial charge in [0.25, 0.3) is 5.91 Å². The summed E-state index contributed by atoms with van der Waals surface area (Å²) in [6, 6.07) is 9.26. The van der Waals surface area contributed by atoms with Gasteiger partial charge in [0.1, 0.15) is 10.6 Å². The summed E-state index contributed by atoms with van der Waals surface area (Å²) in [5, 5.41) is 6.90. The van der Waals surface area contributed by atoms with Crippen molar-refractivity contribution in [2.75, 3.05) is 11.9 Å². The smallest absolute Gasteiger partial charge is 0.253 e. The van der Waals surface area contributed by atoms with Crippen LogP contribution in [0.15, 0.2) is 36.4 Å². The normalized spacial score (nSPS) is 25.1. The maximum absolute atomic E-state index is 13.4. The van der Waals surface area contributed by atoms with E-state index in [1.165, 1.54) is 12.1 Å². The Morgan fingerprint density at radius 2 is 1.66 bits per heavy atom. The first-order chi connectivity index (χ1) is 16.4. The van der Waals surface area contributed by atoms with Crippen LogP contribution in [-0.2, 0) is 4.79 Å². The zero-order valence-corrected chi connectivity index (χ0v) is 22.0. The third-order valence-corrected chi connectivity index (χ3v) is 8.60. The molecule has 0 aliphatic heterocycles. The first-order valence-electron chi connectivity index (χ1n) is 10.9. The van der Waals surface area contributed by atoms with Crippen molar-refractivity contribution < 1.29 is 18.4 Å². The van der Waals surface area contributed by atoms with E-state index in [-0.39, 0.29) is 48.9 Å². The minimum Gasteiger partial charge on any atom is -0.384 e. The molecular weight excluding hydrogens is 564 g/mol. The Bertz CT molecular complexity index is 1130. The van der Waals surface area contributed by atoms with Gasteiger partial charge in [0, 0.05) is 47.1 Å². The van der Waals surface area contributed by atoms with Crippen molar-refractivity contribution in [3.63, 3.8) is 0 Å². The predicted octanol–water partition coefficient (Wildman–Crippen LogP) is 7.52. The van der Waals surface area contributed by atoms with Crippen molar-refractivity contribution in [3.05, 3.63) is 62.6 Å².